The third kappa shape index (κ3) is 1.61. The lowest BCUT2D eigenvalue weighted by Crippen LogP contribution is -1.99. The Labute approximate surface area is 84.1 Å². The van der Waals surface area contributed by atoms with Gasteiger partial charge >= 0.3 is 0 Å². The fourth-order valence-corrected chi connectivity index (χ4v) is 1.82. The maximum absolute atomic E-state index is 8.67. The summed E-state index contributed by atoms with van der Waals surface area (Å²) in [6.07, 6.45) is 0. The number of rotatable bonds is 1. The van der Waals surface area contributed by atoms with E-state index in [1.54, 1.807) is 12.1 Å². The summed E-state index contributed by atoms with van der Waals surface area (Å²) < 4.78 is 0.694. The smallest absolute Gasteiger partial charge is 0.100 e. The normalized spacial score (nSPS) is 9.50. The first-order chi connectivity index (χ1) is 5.70. The quantitative estimate of drug-likeness (QED) is 0.826. The monoisotopic (exact) mass is 244 g/mol. The van der Waals surface area contributed by atoms with Crippen molar-refractivity contribution in [2.24, 2.45) is 5.73 Å². The van der Waals surface area contributed by atoms with Crippen LogP contribution in [0.1, 0.15) is 11.1 Å². The van der Waals surface area contributed by atoms with E-state index in [9.17, 15) is 0 Å². The molecule has 0 fully saturated rings. The molecule has 1 aromatic carbocycles. The predicted molar refractivity (Wildman–Crippen MR) is 51.8 cm³/mol. The molecule has 0 spiro atoms. The van der Waals surface area contributed by atoms with Crippen molar-refractivity contribution in [1.29, 1.82) is 5.26 Å². The summed E-state index contributed by atoms with van der Waals surface area (Å²) in [5.74, 6) is 0. The second-order valence-corrected chi connectivity index (χ2v) is 3.40. The van der Waals surface area contributed by atoms with Crippen molar-refractivity contribution in [2.75, 3.05) is 0 Å². The van der Waals surface area contributed by atoms with Gasteiger partial charge in [-0.3, -0.25) is 0 Å². The molecule has 0 aromatic heterocycles. The van der Waals surface area contributed by atoms with E-state index in [1.165, 1.54) is 0 Å². The Hall–Kier alpha value is -0.560. The maximum atomic E-state index is 8.67. The van der Waals surface area contributed by atoms with Crippen LogP contribution in [0.3, 0.4) is 0 Å². The van der Waals surface area contributed by atoms with Gasteiger partial charge in [-0.2, -0.15) is 5.26 Å². The third-order valence-electron chi connectivity index (χ3n) is 1.51. The average molecular weight is 246 g/mol. The molecule has 0 amide bonds. The van der Waals surface area contributed by atoms with Crippen molar-refractivity contribution in [3.8, 4) is 6.07 Å². The molecule has 62 valence electrons. The van der Waals surface area contributed by atoms with E-state index in [0.29, 0.717) is 21.6 Å². The summed E-state index contributed by atoms with van der Waals surface area (Å²) in [5, 5.41) is 9.25. The number of nitriles is 1. The molecule has 0 bridgehead atoms. The van der Waals surface area contributed by atoms with Crippen molar-refractivity contribution < 1.29 is 0 Å². The SMILES string of the molecule is N#Cc1ccc(Cl)c(CN)c1Br. The number of benzene rings is 1. The Balaban J connectivity index is 3.36. The van der Waals surface area contributed by atoms with Crippen molar-refractivity contribution in [3.05, 3.63) is 32.8 Å². The number of nitrogens with two attached hydrogens (primary N) is 1. The molecule has 2 N–H and O–H groups in total. The Bertz CT molecular complexity index is 344. The lowest BCUT2D eigenvalue weighted by molar-refractivity contribution is 1.06. The fraction of sp³-hybridized carbons (Fsp3) is 0.125. The second kappa shape index (κ2) is 3.90. The van der Waals surface area contributed by atoms with E-state index < -0.39 is 0 Å². The molecule has 0 unspecified atom stereocenters. The highest BCUT2D eigenvalue weighted by atomic mass is 79.9. The standard InChI is InChI=1S/C8H6BrClN2/c9-8-5(3-11)1-2-7(10)6(8)4-12/h1-2H,4,12H2. The van der Waals surface area contributed by atoms with Gasteiger partial charge in [0.15, 0.2) is 0 Å². The molecule has 1 rings (SSSR count). The first-order valence-corrected chi connectivity index (χ1v) is 4.45. The average Bonchev–Trinajstić information content (AvgIpc) is 2.06. The van der Waals surface area contributed by atoms with Gasteiger partial charge in [-0.15, -0.1) is 0 Å². The minimum atomic E-state index is 0.328. The van der Waals surface area contributed by atoms with Gasteiger partial charge in [0.2, 0.25) is 0 Å². The first kappa shape index (κ1) is 9.53. The van der Waals surface area contributed by atoms with Crippen LogP contribution in [0, 0.1) is 11.3 Å². The van der Waals surface area contributed by atoms with E-state index in [0.717, 1.165) is 5.56 Å². The highest BCUT2D eigenvalue weighted by molar-refractivity contribution is 9.10. The van der Waals surface area contributed by atoms with Crippen LogP contribution in [-0.4, -0.2) is 0 Å². The summed E-state index contributed by atoms with van der Waals surface area (Å²) in [6, 6.07) is 5.37. The summed E-state index contributed by atoms with van der Waals surface area (Å²) in [7, 11) is 0. The van der Waals surface area contributed by atoms with E-state index in [1.807, 2.05) is 6.07 Å². The fourth-order valence-electron chi connectivity index (χ4n) is 0.871. The molecule has 0 radical (unpaired) electrons. The Morgan fingerprint density at radius 3 is 2.75 bits per heavy atom. The van der Waals surface area contributed by atoms with Crippen LogP contribution in [0.2, 0.25) is 5.02 Å². The van der Waals surface area contributed by atoms with Gasteiger partial charge in [0.25, 0.3) is 0 Å². The molecule has 0 saturated carbocycles. The third-order valence-corrected chi connectivity index (χ3v) is 2.77. The Kier molecular flexibility index (Phi) is 3.10. The number of hydrogen-bond acceptors (Lipinski definition) is 2. The van der Waals surface area contributed by atoms with Crippen LogP contribution in [0.5, 0.6) is 0 Å². The van der Waals surface area contributed by atoms with Gasteiger partial charge in [-0.25, -0.2) is 0 Å². The zero-order valence-electron chi connectivity index (χ0n) is 6.14. The van der Waals surface area contributed by atoms with Crippen molar-refractivity contribution in [1.82, 2.24) is 0 Å². The maximum Gasteiger partial charge on any atom is 0.100 e. The van der Waals surface area contributed by atoms with Crippen LogP contribution in [-0.2, 0) is 6.54 Å². The van der Waals surface area contributed by atoms with Gasteiger partial charge in [-0.1, -0.05) is 11.6 Å². The van der Waals surface area contributed by atoms with Crippen LogP contribution in [0.15, 0.2) is 16.6 Å². The second-order valence-electron chi connectivity index (χ2n) is 2.20. The summed E-state index contributed by atoms with van der Waals surface area (Å²) in [6.45, 7) is 0.328. The van der Waals surface area contributed by atoms with E-state index in [2.05, 4.69) is 15.9 Å². The highest BCUT2D eigenvalue weighted by Crippen LogP contribution is 2.27. The largest absolute Gasteiger partial charge is 0.326 e. The zero-order valence-corrected chi connectivity index (χ0v) is 8.48. The minimum absolute atomic E-state index is 0.328. The zero-order chi connectivity index (χ0) is 9.14. The van der Waals surface area contributed by atoms with Crippen molar-refractivity contribution in [3.63, 3.8) is 0 Å². The Morgan fingerprint density at radius 1 is 1.58 bits per heavy atom. The molecular formula is C8H6BrClN2. The molecule has 0 aliphatic heterocycles. The minimum Gasteiger partial charge on any atom is -0.326 e. The molecule has 0 aliphatic carbocycles. The van der Waals surface area contributed by atoms with Crippen LogP contribution >= 0.6 is 27.5 Å². The molecule has 0 heterocycles. The molecular weight excluding hydrogens is 239 g/mol. The lowest BCUT2D eigenvalue weighted by Gasteiger charge is -2.04. The van der Waals surface area contributed by atoms with Gasteiger partial charge in [0, 0.05) is 16.0 Å². The van der Waals surface area contributed by atoms with Crippen molar-refractivity contribution in [2.45, 2.75) is 6.54 Å². The molecule has 0 saturated heterocycles. The van der Waals surface area contributed by atoms with Gasteiger partial charge in [0.05, 0.1) is 5.56 Å². The van der Waals surface area contributed by atoms with Gasteiger partial charge < -0.3 is 5.73 Å². The summed E-state index contributed by atoms with van der Waals surface area (Å²) in [4.78, 5) is 0. The summed E-state index contributed by atoms with van der Waals surface area (Å²) >= 11 is 9.10. The molecule has 2 nitrogen and oxygen atoms in total. The van der Waals surface area contributed by atoms with E-state index in [-0.39, 0.29) is 0 Å². The van der Waals surface area contributed by atoms with Gasteiger partial charge in [-0.05, 0) is 33.6 Å². The first-order valence-electron chi connectivity index (χ1n) is 3.27. The predicted octanol–water partition coefficient (Wildman–Crippen LogP) is 2.43. The highest BCUT2D eigenvalue weighted by Gasteiger charge is 2.07. The molecule has 12 heavy (non-hydrogen) atoms. The van der Waals surface area contributed by atoms with E-state index >= 15 is 0 Å². The van der Waals surface area contributed by atoms with Crippen molar-refractivity contribution >= 4 is 27.5 Å². The number of halogens is 2. The van der Waals surface area contributed by atoms with Gasteiger partial charge in [0.1, 0.15) is 6.07 Å². The Morgan fingerprint density at radius 2 is 2.25 bits per heavy atom. The van der Waals surface area contributed by atoms with Crippen LogP contribution < -0.4 is 5.73 Å². The lowest BCUT2D eigenvalue weighted by atomic mass is 10.1. The number of nitrogens with zero attached hydrogens (tertiary/aromatic N) is 1. The van der Waals surface area contributed by atoms with Crippen LogP contribution in [0.4, 0.5) is 0 Å². The van der Waals surface area contributed by atoms with E-state index in [4.69, 9.17) is 22.6 Å². The molecule has 0 aliphatic rings. The summed E-state index contributed by atoms with van der Waals surface area (Å²) in [5.41, 5.74) is 6.78. The molecule has 0 atom stereocenters. The van der Waals surface area contributed by atoms with Crippen LogP contribution in [0.25, 0.3) is 0 Å². The molecule has 1 aromatic rings. The number of hydrogen-bond donors (Lipinski definition) is 1. The topological polar surface area (TPSA) is 49.8 Å². The molecule has 4 heteroatoms.